The van der Waals surface area contributed by atoms with Gasteiger partial charge >= 0.3 is 6.18 Å². The molecule has 0 atom stereocenters. The third kappa shape index (κ3) is 2.58. The molecule has 1 aliphatic heterocycles. The molecule has 1 aromatic rings. The Morgan fingerprint density at radius 3 is 2.47 bits per heavy atom. The third-order valence-electron chi connectivity index (χ3n) is 2.45. The molecule has 92 valence electrons. The second kappa shape index (κ2) is 4.37. The summed E-state index contributed by atoms with van der Waals surface area (Å²) in [5.74, 6) is -0.716. The Bertz CT molecular complexity index is 427. The third-order valence-corrected chi connectivity index (χ3v) is 2.45. The molecule has 0 spiro atoms. The zero-order valence-electron chi connectivity index (χ0n) is 8.75. The summed E-state index contributed by atoms with van der Waals surface area (Å²) >= 11 is 0. The summed E-state index contributed by atoms with van der Waals surface area (Å²) in [7, 11) is 0. The van der Waals surface area contributed by atoms with Crippen LogP contribution in [0.2, 0.25) is 0 Å². The standard InChI is InChI=1S/C11H10F3NO2/c12-11(13,14)9-4-2-1-3-8(9)10(16)15-7-5-17-6-7/h1-4,7H,5-6H2,(H,15,16). The number of ether oxygens (including phenoxy) is 1. The van der Waals surface area contributed by atoms with Gasteiger partial charge in [0, 0.05) is 0 Å². The lowest BCUT2D eigenvalue weighted by atomic mass is 10.1. The first kappa shape index (κ1) is 11.9. The minimum absolute atomic E-state index is 0.191. The van der Waals surface area contributed by atoms with Crippen molar-refractivity contribution in [1.82, 2.24) is 5.32 Å². The Morgan fingerprint density at radius 1 is 1.29 bits per heavy atom. The molecule has 3 nitrogen and oxygen atoms in total. The van der Waals surface area contributed by atoms with E-state index in [0.717, 1.165) is 12.1 Å². The van der Waals surface area contributed by atoms with Gasteiger partial charge in [-0.05, 0) is 12.1 Å². The van der Waals surface area contributed by atoms with Crippen LogP contribution in [0.4, 0.5) is 13.2 Å². The zero-order chi connectivity index (χ0) is 12.5. The summed E-state index contributed by atoms with van der Waals surface area (Å²) in [6.45, 7) is 0.694. The van der Waals surface area contributed by atoms with Gasteiger partial charge in [-0.1, -0.05) is 12.1 Å². The molecule has 1 aromatic carbocycles. The number of amides is 1. The van der Waals surface area contributed by atoms with Crippen LogP contribution in [0.1, 0.15) is 15.9 Å². The van der Waals surface area contributed by atoms with Crippen molar-refractivity contribution in [3.05, 3.63) is 35.4 Å². The van der Waals surface area contributed by atoms with Gasteiger partial charge in [0.05, 0.1) is 30.4 Å². The lowest BCUT2D eigenvalue weighted by Crippen LogP contribution is -2.48. The molecule has 2 rings (SSSR count). The van der Waals surface area contributed by atoms with Crippen LogP contribution in [0.15, 0.2) is 24.3 Å². The van der Waals surface area contributed by atoms with Crippen LogP contribution in [0, 0.1) is 0 Å². The molecule has 1 amide bonds. The molecule has 1 saturated heterocycles. The lowest BCUT2D eigenvalue weighted by Gasteiger charge is -2.27. The molecule has 1 heterocycles. The van der Waals surface area contributed by atoms with Crippen LogP contribution in [0.5, 0.6) is 0 Å². The Balaban J connectivity index is 2.21. The monoisotopic (exact) mass is 245 g/mol. The number of alkyl halides is 3. The van der Waals surface area contributed by atoms with Gasteiger partial charge in [0.15, 0.2) is 0 Å². The van der Waals surface area contributed by atoms with Gasteiger partial charge in [-0.15, -0.1) is 0 Å². The maximum absolute atomic E-state index is 12.6. The van der Waals surface area contributed by atoms with Crippen molar-refractivity contribution in [2.24, 2.45) is 0 Å². The van der Waals surface area contributed by atoms with Crippen LogP contribution in [0.3, 0.4) is 0 Å². The Kier molecular flexibility index (Phi) is 3.06. The van der Waals surface area contributed by atoms with E-state index in [-0.39, 0.29) is 11.6 Å². The summed E-state index contributed by atoms with van der Waals surface area (Å²) in [5, 5.41) is 2.48. The van der Waals surface area contributed by atoms with Gasteiger partial charge in [-0.2, -0.15) is 13.2 Å². The molecule has 1 N–H and O–H groups in total. The van der Waals surface area contributed by atoms with E-state index in [1.54, 1.807) is 0 Å². The number of halogens is 3. The Morgan fingerprint density at radius 2 is 1.94 bits per heavy atom. The molecular weight excluding hydrogens is 235 g/mol. The fourth-order valence-corrected chi connectivity index (χ4v) is 1.51. The molecule has 1 aliphatic rings. The van der Waals surface area contributed by atoms with E-state index < -0.39 is 17.6 Å². The summed E-state index contributed by atoms with van der Waals surface area (Å²) in [6, 6.07) is 4.53. The SMILES string of the molecule is O=C(NC1COC1)c1ccccc1C(F)(F)F. The maximum Gasteiger partial charge on any atom is 0.417 e. The highest BCUT2D eigenvalue weighted by atomic mass is 19.4. The second-order valence-electron chi connectivity index (χ2n) is 3.75. The van der Waals surface area contributed by atoms with Crippen LogP contribution in [0.25, 0.3) is 0 Å². The van der Waals surface area contributed by atoms with Gasteiger partial charge in [-0.3, -0.25) is 4.79 Å². The average Bonchev–Trinajstić information content (AvgIpc) is 2.22. The van der Waals surface area contributed by atoms with E-state index >= 15 is 0 Å². The van der Waals surface area contributed by atoms with E-state index in [1.807, 2.05) is 0 Å². The van der Waals surface area contributed by atoms with Crippen LogP contribution >= 0.6 is 0 Å². The van der Waals surface area contributed by atoms with E-state index in [4.69, 9.17) is 4.74 Å². The largest absolute Gasteiger partial charge is 0.417 e. The van der Waals surface area contributed by atoms with E-state index in [1.165, 1.54) is 12.1 Å². The van der Waals surface area contributed by atoms with Crippen molar-refractivity contribution in [2.45, 2.75) is 12.2 Å². The van der Waals surface area contributed by atoms with E-state index in [9.17, 15) is 18.0 Å². The van der Waals surface area contributed by atoms with E-state index in [0.29, 0.717) is 13.2 Å². The zero-order valence-corrected chi connectivity index (χ0v) is 8.75. The summed E-state index contributed by atoms with van der Waals surface area (Å²) in [4.78, 5) is 11.6. The molecule has 0 saturated carbocycles. The van der Waals surface area contributed by atoms with Crippen molar-refractivity contribution in [1.29, 1.82) is 0 Å². The van der Waals surface area contributed by atoms with Gasteiger partial charge in [0.25, 0.3) is 5.91 Å². The number of nitrogens with one attached hydrogen (secondary N) is 1. The van der Waals surface area contributed by atoms with Gasteiger partial charge < -0.3 is 10.1 Å². The number of benzene rings is 1. The minimum atomic E-state index is -4.52. The molecule has 6 heteroatoms. The van der Waals surface area contributed by atoms with Crippen LogP contribution < -0.4 is 5.32 Å². The average molecular weight is 245 g/mol. The number of rotatable bonds is 2. The predicted octanol–water partition coefficient (Wildman–Crippen LogP) is 1.83. The second-order valence-corrected chi connectivity index (χ2v) is 3.75. The van der Waals surface area contributed by atoms with Gasteiger partial charge in [0.1, 0.15) is 0 Å². The molecule has 1 fully saturated rings. The highest BCUT2D eigenvalue weighted by molar-refractivity contribution is 5.96. The number of hydrogen-bond donors (Lipinski definition) is 1. The lowest BCUT2D eigenvalue weighted by molar-refractivity contribution is -0.138. The molecule has 0 unspecified atom stereocenters. The molecule has 0 radical (unpaired) electrons. The molecule has 17 heavy (non-hydrogen) atoms. The highest BCUT2D eigenvalue weighted by Gasteiger charge is 2.35. The normalized spacial score (nSPS) is 16.4. The van der Waals surface area contributed by atoms with Crippen LogP contribution in [-0.4, -0.2) is 25.2 Å². The van der Waals surface area contributed by atoms with Crippen molar-refractivity contribution in [3.8, 4) is 0 Å². The van der Waals surface area contributed by atoms with Gasteiger partial charge in [-0.25, -0.2) is 0 Å². The number of carbonyl (C=O) groups excluding carboxylic acids is 1. The molecule has 0 bridgehead atoms. The first-order valence-electron chi connectivity index (χ1n) is 5.03. The van der Waals surface area contributed by atoms with Crippen LogP contribution in [-0.2, 0) is 10.9 Å². The fourth-order valence-electron chi connectivity index (χ4n) is 1.51. The number of hydrogen-bond acceptors (Lipinski definition) is 2. The van der Waals surface area contributed by atoms with Gasteiger partial charge in [0.2, 0.25) is 0 Å². The van der Waals surface area contributed by atoms with Crippen molar-refractivity contribution < 1.29 is 22.7 Å². The smallest absolute Gasteiger partial charge is 0.377 e. The minimum Gasteiger partial charge on any atom is -0.377 e. The predicted molar refractivity (Wildman–Crippen MR) is 53.5 cm³/mol. The first-order valence-corrected chi connectivity index (χ1v) is 5.03. The number of carbonyl (C=O) groups is 1. The first-order chi connectivity index (χ1) is 7.98. The summed E-state index contributed by atoms with van der Waals surface area (Å²) in [5.41, 5.74) is -1.27. The maximum atomic E-state index is 12.6. The summed E-state index contributed by atoms with van der Waals surface area (Å²) in [6.07, 6.45) is -4.52. The summed E-state index contributed by atoms with van der Waals surface area (Å²) < 4.78 is 42.7. The quantitative estimate of drug-likeness (QED) is 0.863. The highest BCUT2D eigenvalue weighted by Crippen LogP contribution is 2.31. The van der Waals surface area contributed by atoms with Crippen molar-refractivity contribution >= 4 is 5.91 Å². The Hall–Kier alpha value is -1.56. The topological polar surface area (TPSA) is 38.3 Å². The van der Waals surface area contributed by atoms with Crippen molar-refractivity contribution in [3.63, 3.8) is 0 Å². The molecule has 0 aromatic heterocycles. The molecular formula is C11H10F3NO2. The Labute approximate surface area is 95.6 Å². The fraction of sp³-hybridized carbons (Fsp3) is 0.364. The van der Waals surface area contributed by atoms with Crippen molar-refractivity contribution in [2.75, 3.05) is 13.2 Å². The van der Waals surface area contributed by atoms with E-state index in [2.05, 4.69) is 5.32 Å². The molecule has 0 aliphatic carbocycles.